The number of amides is 3. The smallest absolute Gasteiger partial charge is 0.289 e. The minimum atomic E-state index is -0.461. The lowest BCUT2D eigenvalue weighted by Gasteiger charge is -2.31. The third kappa shape index (κ3) is 7.86. The highest BCUT2D eigenvalue weighted by atomic mass is 32.1. The van der Waals surface area contributed by atoms with Crippen LogP contribution in [0.4, 0.5) is 0 Å². The van der Waals surface area contributed by atoms with Crippen LogP contribution in [-0.4, -0.2) is 80.8 Å². The van der Waals surface area contributed by atoms with Gasteiger partial charge in [0.25, 0.3) is 11.8 Å². The molecule has 2 aromatic heterocycles. The molecule has 0 aliphatic carbocycles. The van der Waals surface area contributed by atoms with Crippen molar-refractivity contribution in [3.05, 3.63) is 38.5 Å². The van der Waals surface area contributed by atoms with Crippen molar-refractivity contribution >= 4 is 40.4 Å². The molecule has 0 bridgehead atoms. The first-order valence-corrected chi connectivity index (χ1v) is 12.4. The monoisotopic (exact) mass is 496 g/mol. The maximum Gasteiger partial charge on any atom is 0.289 e. The van der Waals surface area contributed by atoms with Gasteiger partial charge in [0.15, 0.2) is 0 Å². The summed E-state index contributed by atoms with van der Waals surface area (Å²) < 4.78 is 15.6. The summed E-state index contributed by atoms with van der Waals surface area (Å²) >= 11 is 2.82. The third-order valence-electron chi connectivity index (χ3n) is 5.05. The molecule has 180 valence electrons. The second-order valence-corrected chi connectivity index (χ2v) is 8.97. The fourth-order valence-electron chi connectivity index (χ4n) is 3.21. The molecule has 3 amide bonds. The van der Waals surface area contributed by atoms with Crippen molar-refractivity contribution < 1.29 is 28.6 Å². The number of aromatic nitrogens is 1. The van der Waals surface area contributed by atoms with Crippen LogP contribution in [0.5, 0.6) is 0 Å². The normalized spacial score (nSPS) is 14.3. The van der Waals surface area contributed by atoms with Gasteiger partial charge in [0.1, 0.15) is 12.3 Å². The molecule has 3 heterocycles. The van der Waals surface area contributed by atoms with E-state index in [4.69, 9.17) is 14.2 Å². The number of thiophene rings is 1. The minimum Gasteiger partial charge on any atom is -0.382 e. The quantitative estimate of drug-likeness (QED) is 0.359. The molecule has 1 aliphatic heterocycles. The Bertz CT molecular complexity index is 896. The number of carbonyl (C=O) groups is 3. The van der Waals surface area contributed by atoms with Gasteiger partial charge in [-0.2, -0.15) is 11.3 Å². The van der Waals surface area contributed by atoms with E-state index in [-0.39, 0.29) is 30.0 Å². The van der Waals surface area contributed by atoms with Gasteiger partial charge in [0.2, 0.25) is 5.91 Å². The van der Waals surface area contributed by atoms with E-state index in [0.29, 0.717) is 45.1 Å². The zero-order valence-corrected chi connectivity index (χ0v) is 20.0. The van der Waals surface area contributed by atoms with Crippen molar-refractivity contribution in [2.75, 3.05) is 53.2 Å². The number of nitrogens with zero attached hydrogens (tertiary/aromatic N) is 2. The average Bonchev–Trinajstić information content (AvgIpc) is 3.54. The fourth-order valence-corrected chi connectivity index (χ4v) is 4.82. The summed E-state index contributed by atoms with van der Waals surface area (Å²) in [6, 6.07) is 1.68. The molecule has 0 aromatic carbocycles. The molecule has 0 atom stereocenters. The summed E-state index contributed by atoms with van der Waals surface area (Å²) in [5.41, 5.74) is 5.53. The second-order valence-electron chi connectivity index (χ2n) is 7.30. The SMILES string of the molecule is COCCOCCOCC(=O)N1CCC(c2nc(C(=O)NNC(=O)c3ccsc3)cs2)CC1. The maximum atomic E-state index is 12.3. The molecular formula is C21H28N4O6S2. The Kier molecular flexibility index (Phi) is 10.2. The number of thiazole rings is 1. The number of nitrogens with one attached hydrogen (secondary N) is 2. The maximum absolute atomic E-state index is 12.3. The Labute approximate surface area is 200 Å². The second kappa shape index (κ2) is 13.4. The van der Waals surface area contributed by atoms with Crippen LogP contribution in [-0.2, 0) is 19.0 Å². The fraction of sp³-hybridized carbons (Fsp3) is 0.524. The number of rotatable bonds is 11. The van der Waals surface area contributed by atoms with E-state index in [1.165, 1.54) is 22.7 Å². The van der Waals surface area contributed by atoms with E-state index >= 15 is 0 Å². The average molecular weight is 497 g/mol. The highest BCUT2D eigenvalue weighted by Gasteiger charge is 2.26. The van der Waals surface area contributed by atoms with Crippen LogP contribution in [0.25, 0.3) is 0 Å². The number of likely N-dealkylation sites (tertiary alicyclic amines) is 1. The number of piperidine rings is 1. The van der Waals surface area contributed by atoms with Crippen molar-refractivity contribution in [1.82, 2.24) is 20.7 Å². The summed E-state index contributed by atoms with van der Waals surface area (Å²) in [6.45, 7) is 3.11. The van der Waals surface area contributed by atoms with Crippen LogP contribution in [0.3, 0.4) is 0 Å². The molecule has 3 rings (SSSR count). The van der Waals surface area contributed by atoms with E-state index in [9.17, 15) is 14.4 Å². The molecule has 0 radical (unpaired) electrons. The first-order chi connectivity index (χ1) is 16.1. The van der Waals surface area contributed by atoms with E-state index < -0.39 is 5.91 Å². The summed E-state index contributed by atoms with van der Waals surface area (Å²) in [5, 5.41) is 6.03. The number of ether oxygens (including phenoxy) is 3. The summed E-state index contributed by atoms with van der Waals surface area (Å²) in [4.78, 5) is 42.8. The van der Waals surface area contributed by atoms with Crippen molar-refractivity contribution in [1.29, 1.82) is 0 Å². The van der Waals surface area contributed by atoms with Crippen LogP contribution in [0.15, 0.2) is 22.2 Å². The number of hydrogen-bond donors (Lipinski definition) is 2. The van der Waals surface area contributed by atoms with Gasteiger partial charge in [-0.1, -0.05) is 0 Å². The Morgan fingerprint density at radius 1 is 1.06 bits per heavy atom. The first kappa shape index (κ1) is 25.2. The first-order valence-electron chi connectivity index (χ1n) is 10.6. The van der Waals surface area contributed by atoms with E-state index in [2.05, 4.69) is 15.8 Å². The molecule has 2 aromatic rings. The van der Waals surface area contributed by atoms with Gasteiger partial charge in [-0.05, 0) is 24.3 Å². The van der Waals surface area contributed by atoms with Crippen LogP contribution < -0.4 is 10.9 Å². The minimum absolute atomic E-state index is 0.0362. The van der Waals surface area contributed by atoms with Gasteiger partial charge in [-0.3, -0.25) is 25.2 Å². The molecule has 2 N–H and O–H groups in total. The molecule has 0 spiro atoms. The largest absolute Gasteiger partial charge is 0.382 e. The number of carbonyl (C=O) groups excluding carboxylic acids is 3. The highest BCUT2D eigenvalue weighted by Crippen LogP contribution is 2.30. The Balaban J connectivity index is 1.35. The van der Waals surface area contributed by atoms with Crippen molar-refractivity contribution in [3.63, 3.8) is 0 Å². The predicted octanol–water partition coefficient (Wildman–Crippen LogP) is 1.67. The number of hydrazine groups is 1. The molecule has 0 unspecified atom stereocenters. The van der Waals surface area contributed by atoms with Gasteiger partial charge in [0, 0.05) is 36.9 Å². The van der Waals surface area contributed by atoms with Gasteiger partial charge in [0.05, 0.1) is 37.0 Å². The zero-order valence-electron chi connectivity index (χ0n) is 18.4. The van der Waals surface area contributed by atoms with Crippen LogP contribution in [0.2, 0.25) is 0 Å². The Hall–Kier alpha value is -2.38. The number of methoxy groups -OCH3 is 1. The molecule has 1 fully saturated rings. The predicted molar refractivity (Wildman–Crippen MR) is 123 cm³/mol. The molecule has 12 heteroatoms. The highest BCUT2D eigenvalue weighted by molar-refractivity contribution is 7.10. The lowest BCUT2D eigenvalue weighted by Crippen LogP contribution is -2.41. The lowest BCUT2D eigenvalue weighted by molar-refractivity contribution is -0.137. The summed E-state index contributed by atoms with van der Waals surface area (Å²) in [7, 11) is 1.61. The van der Waals surface area contributed by atoms with Gasteiger partial charge < -0.3 is 19.1 Å². The van der Waals surface area contributed by atoms with E-state index in [1.807, 2.05) is 0 Å². The Morgan fingerprint density at radius 2 is 1.79 bits per heavy atom. The van der Waals surface area contributed by atoms with Crippen LogP contribution in [0, 0.1) is 0 Å². The molecular weight excluding hydrogens is 468 g/mol. The van der Waals surface area contributed by atoms with Gasteiger partial charge >= 0.3 is 0 Å². The third-order valence-corrected chi connectivity index (χ3v) is 6.74. The standard InChI is InChI=1S/C21H28N4O6S2/c1-29-7-8-30-9-10-31-12-18(26)25-5-2-15(3-6-25)21-22-17(14-33-21)20(28)24-23-19(27)16-4-11-32-13-16/h4,11,13-15H,2-3,5-10,12H2,1H3,(H,23,27)(H,24,28). The van der Waals surface area contributed by atoms with E-state index in [1.54, 1.807) is 34.2 Å². The van der Waals surface area contributed by atoms with Crippen LogP contribution >= 0.6 is 22.7 Å². The lowest BCUT2D eigenvalue weighted by atomic mass is 9.97. The summed E-state index contributed by atoms with van der Waals surface area (Å²) in [6.07, 6.45) is 1.55. The molecule has 1 saturated heterocycles. The van der Waals surface area contributed by atoms with Crippen LogP contribution in [0.1, 0.15) is 44.6 Å². The Morgan fingerprint density at radius 3 is 2.52 bits per heavy atom. The summed E-state index contributed by atoms with van der Waals surface area (Å²) in [5.74, 6) is -0.682. The van der Waals surface area contributed by atoms with Gasteiger partial charge in [-0.25, -0.2) is 4.98 Å². The van der Waals surface area contributed by atoms with Crippen molar-refractivity contribution in [2.24, 2.45) is 0 Å². The van der Waals surface area contributed by atoms with Crippen molar-refractivity contribution in [2.45, 2.75) is 18.8 Å². The van der Waals surface area contributed by atoms with E-state index in [0.717, 1.165) is 17.8 Å². The molecule has 0 saturated carbocycles. The number of hydrogen-bond acceptors (Lipinski definition) is 9. The molecule has 33 heavy (non-hydrogen) atoms. The van der Waals surface area contributed by atoms with Gasteiger partial charge in [-0.15, -0.1) is 11.3 Å². The van der Waals surface area contributed by atoms with Crippen molar-refractivity contribution in [3.8, 4) is 0 Å². The zero-order chi connectivity index (χ0) is 23.5. The topological polar surface area (TPSA) is 119 Å². The molecule has 10 nitrogen and oxygen atoms in total. The molecule has 1 aliphatic rings.